The van der Waals surface area contributed by atoms with Crippen LogP contribution in [0.2, 0.25) is 0 Å². The van der Waals surface area contributed by atoms with Gasteiger partial charge < -0.3 is 4.55 Å². The Morgan fingerprint density at radius 3 is 2.57 bits per heavy atom. The van der Waals surface area contributed by atoms with Gasteiger partial charge in [-0.3, -0.25) is 0 Å². The molecule has 0 bridgehead atoms. The predicted molar refractivity (Wildman–Crippen MR) is 59.7 cm³/mol. The molecule has 1 aromatic rings. The maximum atomic E-state index is 10.4. The summed E-state index contributed by atoms with van der Waals surface area (Å²) in [4.78, 5) is 0. The first kappa shape index (κ1) is 11.4. The Morgan fingerprint density at radius 2 is 2.00 bits per heavy atom. The van der Waals surface area contributed by atoms with Crippen molar-refractivity contribution >= 4 is 11.1 Å². The van der Waals surface area contributed by atoms with Crippen molar-refractivity contribution in [1.29, 1.82) is 0 Å². The highest BCUT2D eigenvalue weighted by Gasteiger charge is 2.04. The summed E-state index contributed by atoms with van der Waals surface area (Å²) < 4.78 is 19.0. The fourth-order valence-corrected chi connectivity index (χ4v) is 1.87. The first-order chi connectivity index (χ1) is 6.70. The third-order valence-corrected chi connectivity index (χ3v) is 2.96. The number of hydrogen-bond acceptors (Lipinski definition) is 1. The van der Waals surface area contributed by atoms with Crippen molar-refractivity contribution < 1.29 is 8.76 Å². The molecule has 0 aliphatic carbocycles. The molecule has 0 aromatic heterocycles. The molecule has 14 heavy (non-hydrogen) atoms. The third-order valence-electron chi connectivity index (χ3n) is 2.32. The van der Waals surface area contributed by atoms with E-state index in [4.69, 9.17) is 4.55 Å². The van der Waals surface area contributed by atoms with Crippen LogP contribution < -0.4 is 0 Å². The summed E-state index contributed by atoms with van der Waals surface area (Å²) >= 11 is -1.64. The highest BCUT2D eigenvalue weighted by molar-refractivity contribution is 7.79. The molecule has 1 aromatic carbocycles. The van der Waals surface area contributed by atoms with E-state index in [1.54, 1.807) is 0 Å². The minimum atomic E-state index is -1.64. The first-order valence-corrected chi connectivity index (χ1v) is 6.10. The maximum Gasteiger partial charge on any atom is 0.152 e. The minimum Gasteiger partial charge on any atom is -0.306 e. The lowest BCUT2D eigenvalue weighted by Crippen LogP contribution is -1.99. The smallest absolute Gasteiger partial charge is 0.152 e. The fourth-order valence-electron chi connectivity index (χ4n) is 1.46. The van der Waals surface area contributed by atoms with Crippen LogP contribution in [0.4, 0.5) is 0 Å². The van der Waals surface area contributed by atoms with Crippen molar-refractivity contribution in [1.82, 2.24) is 0 Å². The molecule has 0 saturated heterocycles. The molecule has 0 saturated carbocycles. The molecule has 0 aliphatic heterocycles. The summed E-state index contributed by atoms with van der Waals surface area (Å²) in [6.07, 6.45) is 1.77. The Morgan fingerprint density at radius 1 is 1.36 bits per heavy atom. The van der Waals surface area contributed by atoms with E-state index in [2.05, 4.69) is 19.1 Å². The van der Waals surface area contributed by atoms with Crippen molar-refractivity contribution in [2.75, 3.05) is 5.75 Å². The van der Waals surface area contributed by atoms with Gasteiger partial charge >= 0.3 is 0 Å². The molecule has 2 nitrogen and oxygen atoms in total. The SMILES string of the molecule is CC(CCCS(=O)O)c1ccccc1. The second-order valence-corrected chi connectivity index (χ2v) is 4.53. The fraction of sp³-hybridized carbons (Fsp3) is 0.455. The van der Waals surface area contributed by atoms with Gasteiger partial charge in [-0.25, -0.2) is 4.21 Å². The Balaban J connectivity index is 2.36. The molecule has 3 heteroatoms. The van der Waals surface area contributed by atoms with Crippen LogP contribution in [0, 0.1) is 0 Å². The van der Waals surface area contributed by atoms with Crippen LogP contribution in [-0.2, 0) is 11.1 Å². The van der Waals surface area contributed by atoms with E-state index < -0.39 is 11.1 Å². The van der Waals surface area contributed by atoms with Gasteiger partial charge in [0.2, 0.25) is 0 Å². The molecular weight excluding hydrogens is 196 g/mol. The lowest BCUT2D eigenvalue weighted by Gasteiger charge is -2.10. The lowest BCUT2D eigenvalue weighted by molar-refractivity contribution is 0.556. The van der Waals surface area contributed by atoms with Crippen LogP contribution in [0.15, 0.2) is 30.3 Å². The van der Waals surface area contributed by atoms with Gasteiger partial charge in [0.15, 0.2) is 11.1 Å². The van der Waals surface area contributed by atoms with Crippen LogP contribution >= 0.6 is 0 Å². The van der Waals surface area contributed by atoms with Crippen molar-refractivity contribution in [2.45, 2.75) is 25.7 Å². The minimum absolute atomic E-state index is 0.386. The van der Waals surface area contributed by atoms with E-state index in [9.17, 15) is 4.21 Å². The predicted octanol–water partition coefficient (Wildman–Crippen LogP) is 2.79. The maximum absolute atomic E-state index is 10.4. The second kappa shape index (κ2) is 5.94. The molecule has 0 heterocycles. The molecule has 1 N–H and O–H groups in total. The van der Waals surface area contributed by atoms with Crippen LogP contribution in [0.25, 0.3) is 0 Å². The topological polar surface area (TPSA) is 37.3 Å². The molecule has 2 unspecified atom stereocenters. The van der Waals surface area contributed by atoms with E-state index >= 15 is 0 Å². The van der Waals surface area contributed by atoms with Crippen molar-refractivity contribution in [2.24, 2.45) is 0 Å². The summed E-state index contributed by atoms with van der Waals surface area (Å²) in [7, 11) is 0. The average Bonchev–Trinajstić information content (AvgIpc) is 2.18. The molecule has 2 atom stereocenters. The number of benzene rings is 1. The molecule has 0 fully saturated rings. The average molecular weight is 212 g/mol. The van der Waals surface area contributed by atoms with Gasteiger partial charge in [-0.1, -0.05) is 37.3 Å². The van der Waals surface area contributed by atoms with Crippen molar-refractivity contribution in [3.63, 3.8) is 0 Å². The quantitative estimate of drug-likeness (QED) is 0.762. The number of hydrogen-bond donors (Lipinski definition) is 1. The summed E-state index contributed by atoms with van der Waals surface area (Å²) in [5, 5.41) is 0. The summed E-state index contributed by atoms with van der Waals surface area (Å²) in [5.41, 5.74) is 1.30. The zero-order valence-corrected chi connectivity index (χ0v) is 9.17. The Bertz CT molecular complexity index is 285. The molecule has 78 valence electrons. The Hall–Kier alpha value is -0.670. The lowest BCUT2D eigenvalue weighted by atomic mass is 9.97. The van der Waals surface area contributed by atoms with E-state index in [-0.39, 0.29) is 0 Å². The normalized spacial score (nSPS) is 15.0. The Labute approximate surface area is 87.6 Å². The van der Waals surface area contributed by atoms with Crippen LogP contribution in [0.3, 0.4) is 0 Å². The van der Waals surface area contributed by atoms with Crippen LogP contribution in [0.1, 0.15) is 31.2 Å². The summed E-state index contributed by atoms with van der Waals surface area (Å²) in [5.74, 6) is 0.858. The van der Waals surface area contributed by atoms with E-state index in [1.165, 1.54) is 5.56 Å². The van der Waals surface area contributed by atoms with Gasteiger partial charge in [-0.15, -0.1) is 0 Å². The third kappa shape index (κ3) is 4.03. The molecule has 1 rings (SSSR count). The molecule has 0 spiro atoms. The number of rotatable bonds is 5. The molecular formula is C11H16O2S. The van der Waals surface area contributed by atoms with Crippen LogP contribution in [0.5, 0.6) is 0 Å². The van der Waals surface area contributed by atoms with E-state index in [1.807, 2.05) is 18.2 Å². The highest BCUT2D eigenvalue weighted by atomic mass is 32.2. The highest BCUT2D eigenvalue weighted by Crippen LogP contribution is 2.19. The standard InChI is InChI=1S/C11H16O2S/c1-10(6-5-9-14(12)13)11-7-3-2-4-8-11/h2-4,7-8,10H,5-6,9H2,1H3,(H,12,13). The first-order valence-electron chi connectivity index (χ1n) is 4.82. The van der Waals surface area contributed by atoms with Gasteiger partial charge in [0, 0.05) is 5.75 Å². The van der Waals surface area contributed by atoms with Crippen molar-refractivity contribution in [3.05, 3.63) is 35.9 Å². The van der Waals surface area contributed by atoms with Gasteiger partial charge in [0.05, 0.1) is 0 Å². The van der Waals surface area contributed by atoms with E-state index in [0.29, 0.717) is 11.7 Å². The monoisotopic (exact) mass is 212 g/mol. The van der Waals surface area contributed by atoms with Gasteiger partial charge in [-0.2, -0.15) is 0 Å². The second-order valence-electron chi connectivity index (χ2n) is 3.48. The Kier molecular flexibility index (Phi) is 4.84. The molecule has 0 radical (unpaired) electrons. The molecule has 0 amide bonds. The largest absolute Gasteiger partial charge is 0.306 e. The molecule has 0 aliphatic rings. The zero-order valence-electron chi connectivity index (χ0n) is 8.35. The van der Waals surface area contributed by atoms with Gasteiger partial charge in [0.1, 0.15) is 0 Å². The van der Waals surface area contributed by atoms with Crippen LogP contribution in [-0.4, -0.2) is 14.5 Å². The van der Waals surface area contributed by atoms with E-state index in [0.717, 1.165) is 12.8 Å². The van der Waals surface area contributed by atoms with Crippen molar-refractivity contribution in [3.8, 4) is 0 Å². The summed E-state index contributed by atoms with van der Waals surface area (Å²) in [6.45, 7) is 2.15. The van der Waals surface area contributed by atoms with Gasteiger partial charge in [0.25, 0.3) is 0 Å². The zero-order chi connectivity index (χ0) is 10.4. The van der Waals surface area contributed by atoms with Gasteiger partial charge in [-0.05, 0) is 24.3 Å². The summed E-state index contributed by atoms with van der Waals surface area (Å²) in [6, 6.07) is 10.2.